The van der Waals surface area contributed by atoms with E-state index in [2.05, 4.69) is 18.8 Å². The van der Waals surface area contributed by atoms with Gasteiger partial charge >= 0.3 is 0 Å². The van der Waals surface area contributed by atoms with Crippen LogP contribution in [0.4, 0.5) is 0 Å². The highest BCUT2D eigenvalue weighted by atomic mass is 16.5. The topological polar surface area (TPSA) is 21.3 Å². The summed E-state index contributed by atoms with van der Waals surface area (Å²) in [5, 5.41) is 3.51. The van der Waals surface area contributed by atoms with E-state index in [1.165, 1.54) is 25.7 Å². The van der Waals surface area contributed by atoms with Crippen LogP contribution in [-0.4, -0.2) is 25.3 Å². The van der Waals surface area contributed by atoms with E-state index in [9.17, 15) is 0 Å². The smallest absolute Gasteiger partial charge is 0.0699 e. The fraction of sp³-hybridized carbons (Fsp3) is 0.833. The van der Waals surface area contributed by atoms with E-state index in [0.29, 0.717) is 12.1 Å². The van der Waals surface area contributed by atoms with Crippen LogP contribution < -0.4 is 5.32 Å². The van der Waals surface area contributed by atoms with Crippen LogP contribution >= 0.6 is 0 Å². The Morgan fingerprint density at radius 3 is 3.07 bits per heavy atom. The lowest BCUT2D eigenvalue weighted by Crippen LogP contribution is -2.36. The van der Waals surface area contributed by atoms with Gasteiger partial charge in [-0.3, -0.25) is 0 Å². The SMILES string of the molecule is C=CCCC(C)NCC1CCCCO1. The van der Waals surface area contributed by atoms with Gasteiger partial charge in [0.2, 0.25) is 0 Å². The van der Waals surface area contributed by atoms with Gasteiger partial charge in [0.15, 0.2) is 0 Å². The maximum absolute atomic E-state index is 5.65. The Balaban J connectivity index is 2.03. The molecule has 2 nitrogen and oxygen atoms in total. The zero-order valence-corrected chi connectivity index (χ0v) is 9.30. The fourth-order valence-corrected chi connectivity index (χ4v) is 1.77. The Hall–Kier alpha value is -0.340. The molecule has 2 unspecified atom stereocenters. The molecular weight excluding hydrogens is 174 g/mol. The van der Waals surface area contributed by atoms with Crippen LogP contribution in [0, 0.1) is 0 Å². The quantitative estimate of drug-likeness (QED) is 0.661. The summed E-state index contributed by atoms with van der Waals surface area (Å²) in [6, 6.07) is 0.582. The van der Waals surface area contributed by atoms with Crippen LogP contribution in [0.15, 0.2) is 12.7 Å². The molecule has 0 spiro atoms. The second kappa shape index (κ2) is 7.02. The molecule has 1 heterocycles. The van der Waals surface area contributed by atoms with Gasteiger partial charge in [-0.05, 0) is 39.0 Å². The molecule has 1 rings (SSSR count). The molecule has 0 bridgehead atoms. The average Bonchev–Trinajstić information content (AvgIpc) is 2.25. The lowest BCUT2D eigenvalue weighted by atomic mass is 10.1. The van der Waals surface area contributed by atoms with E-state index in [-0.39, 0.29) is 0 Å². The standard InChI is InChI=1S/C12H23NO/c1-3-4-7-11(2)13-10-12-8-5-6-9-14-12/h3,11-13H,1,4-10H2,2H3. The van der Waals surface area contributed by atoms with Gasteiger partial charge in [0, 0.05) is 19.2 Å². The highest BCUT2D eigenvalue weighted by Crippen LogP contribution is 2.12. The third kappa shape index (κ3) is 4.77. The summed E-state index contributed by atoms with van der Waals surface area (Å²) in [4.78, 5) is 0. The first-order chi connectivity index (χ1) is 6.83. The van der Waals surface area contributed by atoms with Gasteiger partial charge in [-0.1, -0.05) is 6.08 Å². The number of hydrogen-bond donors (Lipinski definition) is 1. The van der Waals surface area contributed by atoms with Crippen LogP contribution in [0.5, 0.6) is 0 Å². The summed E-state index contributed by atoms with van der Waals surface area (Å²) in [5.74, 6) is 0. The zero-order valence-electron chi connectivity index (χ0n) is 9.30. The molecule has 82 valence electrons. The van der Waals surface area contributed by atoms with Crippen molar-refractivity contribution >= 4 is 0 Å². The second-order valence-electron chi connectivity index (χ2n) is 4.16. The maximum atomic E-state index is 5.65. The maximum Gasteiger partial charge on any atom is 0.0699 e. The van der Waals surface area contributed by atoms with Crippen LogP contribution in [0.25, 0.3) is 0 Å². The van der Waals surface area contributed by atoms with E-state index in [1.54, 1.807) is 0 Å². The van der Waals surface area contributed by atoms with Crippen LogP contribution in [-0.2, 0) is 4.74 Å². The molecule has 2 heteroatoms. The summed E-state index contributed by atoms with van der Waals surface area (Å²) >= 11 is 0. The predicted octanol–water partition coefficient (Wildman–Crippen LogP) is 2.50. The summed E-state index contributed by atoms with van der Waals surface area (Å²) < 4.78 is 5.65. The molecule has 0 radical (unpaired) electrons. The van der Waals surface area contributed by atoms with Crippen LogP contribution in [0.1, 0.15) is 39.0 Å². The van der Waals surface area contributed by atoms with Gasteiger partial charge in [-0.15, -0.1) is 6.58 Å². The van der Waals surface area contributed by atoms with E-state index in [4.69, 9.17) is 4.74 Å². The van der Waals surface area contributed by atoms with Crippen molar-refractivity contribution in [2.45, 2.75) is 51.2 Å². The monoisotopic (exact) mass is 197 g/mol. The zero-order chi connectivity index (χ0) is 10.2. The molecule has 1 N–H and O–H groups in total. The van der Waals surface area contributed by atoms with Gasteiger partial charge in [0.25, 0.3) is 0 Å². The largest absolute Gasteiger partial charge is 0.377 e. The summed E-state index contributed by atoms with van der Waals surface area (Å²) in [5.41, 5.74) is 0. The fourth-order valence-electron chi connectivity index (χ4n) is 1.77. The first-order valence-corrected chi connectivity index (χ1v) is 5.79. The number of nitrogens with one attached hydrogen (secondary N) is 1. The van der Waals surface area contributed by atoms with Crippen LogP contribution in [0.3, 0.4) is 0 Å². The third-order valence-corrected chi connectivity index (χ3v) is 2.77. The van der Waals surface area contributed by atoms with Crippen LogP contribution in [0.2, 0.25) is 0 Å². The lowest BCUT2D eigenvalue weighted by Gasteiger charge is -2.24. The first kappa shape index (κ1) is 11.7. The van der Waals surface area contributed by atoms with Gasteiger partial charge in [0.05, 0.1) is 6.10 Å². The summed E-state index contributed by atoms with van der Waals surface area (Å²) in [6.45, 7) is 7.92. The number of allylic oxidation sites excluding steroid dienone is 1. The minimum absolute atomic E-state index is 0.454. The number of hydrogen-bond acceptors (Lipinski definition) is 2. The molecule has 14 heavy (non-hydrogen) atoms. The van der Waals surface area contributed by atoms with Crippen molar-refractivity contribution in [2.24, 2.45) is 0 Å². The molecule has 1 aliphatic rings. The summed E-state index contributed by atoms with van der Waals surface area (Å²) in [6.07, 6.45) is 8.50. The highest BCUT2D eigenvalue weighted by Gasteiger charge is 2.13. The second-order valence-corrected chi connectivity index (χ2v) is 4.16. The molecule has 0 aromatic carbocycles. The van der Waals surface area contributed by atoms with E-state index in [1.807, 2.05) is 6.08 Å². The molecule has 0 saturated carbocycles. The Morgan fingerprint density at radius 1 is 1.57 bits per heavy atom. The lowest BCUT2D eigenvalue weighted by molar-refractivity contribution is 0.0155. The van der Waals surface area contributed by atoms with E-state index < -0.39 is 0 Å². The van der Waals surface area contributed by atoms with Crippen molar-refractivity contribution in [3.8, 4) is 0 Å². The molecule has 0 aliphatic carbocycles. The van der Waals surface area contributed by atoms with Crippen molar-refractivity contribution in [3.63, 3.8) is 0 Å². The van der Waals surface area contributed by atoms with E-state index >= 15 is 0 Å². The molecule has 2 atom stereocenters. The Bertz CT molecular complexity index is 152. The molecule has 1 aliphatic heterocycles. The minimum atomic E-state index is 0.454. The molecule has 0 amide bonds. The third-order valence-electron chi connectivity index (χ3n) is 2.77. The number of ether oxygens (including phenoxy) is 1. The predicted molar refractivity (Wildman–Crippen MR) is 60.5 cm³/mol. The number of rotatable bonds is 6. The molecule has 0 aromatic heterocycles. The minimum Gasteiger partial charge on any atom is -0.377 e. The van der Waals surface area contributed by atoms with Crippen molar-refractivity contribution in [1.29, 1.82) is 0 Å². The van der Waals surface area contributed by atoms with Gasteiger partial charge in [0.1, 0.15) is 0 Å². The van der Waals surface area contributed by atoms with Gasteiger partial charge in [-0.25, -0.2) is 0 Å². The first-order valence-electron chi connectivity index (χ1n) is 5.79. The molecule has 1 saturated heterocycles. The molecule has 0 aromatic rings. The van der Waals surface area contributed by atoms with Crippen molar-refractivity contribution < 1.29 is 4.74 Å². The van der Waals surface area contributed by atoms with Gasteiger partial charge in [-0.2, -0.15) is 0 Å². The van der Waals surface area contributed by atoms with Crippen molar-refractivity contribution in [3.05, 3.63) is 12.7 Å². The van der Waals surface area contributed by atoms with Crippen molar-refractivity contribution in [1.82, 2.24) is 5.32 Å². The Morgan fingerprint density at radius 2 is 2.43 bits per heavy atom. The van der Waals surface area contributed by atoms with Gasteiger partial charge < -0.3 is 10.1 Å². The summed E-state index contributed by atoms with van der Waals surface area (Å²) in [7, 11) is 0. The van der Waals surface area contributed by atoms with E-state index in [0.717, 1.165) is 19.6 Å². The Labute approximate surface area is 87.7 Å². The normalized spacial score (nSPS) is 24.5. The van der Waals surface area contributed by atoms with Crippen molar-refractivity contribution in [2.75, 3.05) is 13.2 Å². The Kier molecular flexibility index (Phi) is 5.88. The highest BCUT2D eigenvalue weighted by molar-refractivity contribution is 4.73. The molecule has 1 fully saturated rings. The average molecular weight is 197 g/mol. The molecular formula is C12H23NO.